The van der Waals surface area contributed by atoms with Crippen molar-refractivity contribution >= 4 is 17.3 Å². The van der Waals surface area contributed by atoms with E-state index >= 15 is 0 Å². The smallest absolute Gasteiger partial charge is 0.249 e. The van der Waals surface area contributed by atoms with Gasteiger partial charge in [-0.05, 0) is 26.0 Å². The molecular formula is C11H14N2O2. The van der Waals surface area contributed by atoms with Crippen LogP contribution in [0.25, 0.3) is 0 Å². The molecule has 1 atom stereocenters. The lowest BCUT2D eigenvalue weighted by Gasteiger charge is -2.33. The molecule has 80 valence electrons. The first-order chi connectivity index (χ1) is 7.15. The summed E-state index contributed by atoms with van der Waals surface area (Å²) in [6, 6.07) is 4.98. The van der Waals surface area contributed by atoms with Crippen LogP contribution in [0.3, 0.4) is 0 Å². The Hall–Kier alpha value is -1.71. The number of carbonyl (C=O) groups is 1. The molecule has 2 rings (SSSR count). The lowest BCUT2D eigenvalue weighted by molar-refractivity contribution is -0.119. The van der Waals surface area contributed by atoms with E-state index in [1.807, 2.05) is 19.9 Å². The van der Waals surface area contributed by atoms with Crippen molar-refractivity contribution < 1.29 is 9.90 Å². The van der Waals surface area contributed by atoms with Crippen molar-refractivity contribution in [2.75, 3.05) is 16.8 Å². The molecule has 1 aliphatic rings. The predicted molar refractivity (Wildman–Crippen MR) is 59.2 cm³/mol. The number of amides is 1. The average molecular weight is 206 g/mol. The number of likely N-dealkylation sites (N-methyl/N-ethyl adjacent to an activating group) is 1. The number of nitrogens with one attached hydrogen (secondary N) is 1. The maximum absolute atomic E-state index is 11.8. The zero-order chi connectivity index (χ0) is 11.0. The first-order valence-corrected chi connectivity index (χ1v) is 5.05. The van der Waals surface area contributed by atoms with E-state index in [0.29, 0.717) is 12.2 Å². The second-order valence-corrected chi connectivity index (χ2v) is 3.62. The van der Waals surface area contributed by atoms with Crippen molar-refractivity contribution in [3.63, 3.8) is 0 Å². The minimum atomic E-state index is -0.237. The molecule has 1 unspecified atom stereocenters. The molecule has 1 heterocycles. The molecule has 1 amide bonds. The molecule has 0 fully saturated rings. The topological polar surface area (TPSA) is 52.6 Å². The van der Waals surface area contributed by atoms with Gasteiger partial charge in [0.1, 0.15) is 17.5 Å². The normalized spacial score (nSPS) is 19.7. The van der Waals surface area contributed by atoms with E-state index in [1.165, 1.54) is 0 Å². The Morgan fingerprint density at radius 3 is 2.93 bits per heavy atom. The minimum absolute atomic E-state index is 0.00787. The number of fused-ring (bicyclic) bond motifs is 1. The van der Waals surface area contributed by atoms with Crippen LogP contribution >= 0.6 is 0 Å². The van der Waals surface area contributed by atoms with Crippen LogP contribution in [0, 0.1) is 0 Å². The number of hydrogen-bond acceptors (Lipinski definition) is 3. The fourth-order valence-corrected chi connectivity index (χ4v) is 1.88. The number of aromatic hydroxyl groups is 1. The summed E-state index contributed by atoms with van der Waals surface area (Å²) < 4.78 is 0. The van der Waals surface area contributed by atoms with Gasteiger partial charge in [-0.1, -0.05) is 6.07 Å². The third-order valence-corrected chi connectivity index (χ3v) is 2.61. The standard InChI is InChI=1S/C11H14N2O2/c1-3-13-10-8(5-4-6-9(10)14)12-7(2)11(13)15/h4-7,12,14H,3H2,1-2H3. The molecule has 4 heteroatoms. The molecule has 0 saturated heterocycles. The second kappa shape index (κ2) is 3.46. The number of hydrogen-bond donors (Lipinski definition) is 2. The average Bonchev–Trinajstić information content (AvgIpc) is 2.21. The van der Waals surface area contributed by atoms with Crippen molar-refractivity contribution in [3.05, 3.63) is 18.2 Å². The van der Waals surface area contributed by atoms with Crippen LogP contribution in [0.1, 0.15) is 13.8 Å². The first-order valence-electron chi connectivity index (χ1n) is 5.05. The van der Waals surface area contributed by atoms with E-state index in [4.69, 9.17) is 0 Å². The summed E-state index contributed by atoms with van der Waals surface area (Å²) in [5.41, 5.74) is 1.40. The quantitative estimate of drug-likeness (QED) is 0.733. The molecule has 0 radical (unpaired) electrons. The highest BCUT2D eigenvalue weighted by molar-refractivity contribution is 6.06. The maximum Gasteiger partial charge on any atom is 0.249 e. The third kappa shape index (κ3) is 1.42. The predicted octanol–water partition coefficient (Wildman–Crippen LogP) is 1.56. The van der Waals surface area contributed by atoms with Crippen molar-refractivity contribution in [2.24, 2.45) is 0 Å². The number of phenols is 1. The van der Waals surface area contributed by atoms with Gasteiger partial charge in [0.2, 0.25) is 5.91 Å². The molecule has 1 aromatic rings. The molecule has 0 aromatic heterocycles. The third-order valence-electron chi connectivity index (χ3n) is 2.61. The lowest BCUT2D eigenvalue weighted by atomic mass is 10.1. The first kappa shape index (κ1) is 9.83. The molecule has 0 bridgehead atoms. The van der Waals surface area contributed by atoms with Gasteiger partial charge in [0.15, 0.2) is 0 Å². The molecule has 4 nitrogen and oxygen atoms in total. The van der Waals surface area contributed by atoms with Crippen molar-refractivity contribution in [2.45, 2.75) is 19.9 Å². The highest BCUT2D eigenvalue weighted by Gasteiger charge is 2.30. The minimum Gasteiger partial charge on any atom is -0.506 e. The lowest BCUT2D eigenvalue weighted by Crippen LogP contribution is -2.45. The molecular weight excluding hydrogens is 192 g/mol. The van der Waals surface area contributed by atoms with Crippen molar-refractivity contribution in [1.82, 2.24) is 0 Å². The summed E-state index contributed by atoms with van der Waals surface area (Å²) in [6.45, 7) is 4.28. The Morgan fingerprint density at radius 1 is 1.53 bits per heavy atom. The van der Waals surface area contributed by atoms with Crippen LogP contribution in [-0.4, -0.2) is 23.6 Å². The number of anilines is 2. The molecule has 15 heavy (non-hydrogen) atoms. The fraction of sp³-hybridized carbons (Fsp3) is 0.364. The van der Waals surface area contributed by atoms with Gasteiger partial charge in [0.25, 0.3) is 0 Å². The van der Waals surface area contributed by atoms with Gasteiger partial charge < -0.3 is 15.3 Å². The Morgan fingerprint density at radius 2 is 2.27 bits per heavy atom. The van der Waals surface area contributed by atoms with E-state index in [0.717, 1.165) is 5.69 Å². The van der Waals surface area contributed by atoms with Crippen LogP contribution in [0.15, 0.2) is 18.2 Å². The number of carbonyl (C=O) groups excluding carboxylic acids is 1. The van der Waals surface area contributed by atoms with Crippen LogP contribution in [0.4, 0.5) is 11.4 Å². The number of benzene rings is 1. The van der Waals surface area contributed by atoms with E-state index in [-0.39, 0.29) is 17.7 Å². The van der Waals surface area contributed by atoms with Gasteiger partial charge in [0.05, 0.1) is 5.69 Å². The Kier molecular flexibility index (Phi) is 2.26. The summed E-state index contributed by atoms with van der Waals surface area (Å²) in [7, 11) is 0. The summed E-state index contributed by atoms with van der Waals surface area (Å²) in [4.78, 5) is 13.4. The van der Waals surface area contributed by atoms with Crippen molar-refractivity contribution in [3.8, 4) is 5.75 Å². The molecule has 0 spiro atoms. The molecule has 2 N–H and O–H groups in total. The Labute approximate surface area is 88.5 Å². The maximum atomic E-state index is 11.8. The fourth-order valence-electron chi connectivity index (χ4n) is 1.88. The van der Waals surface area contributed by atoms with Crippen LogP contribution in [0.5, 0.6) is 5.75 Å². The summed E-state index contributed by atoms with van der Waals surface area (Å²) in [6.07, 6.45) is 0. The number of rotatable bonds is 1. The molecule has 0 saturated carbocycles. The van der Waals surface area contributed by atoms with Gasteiger partial charge in [0, 0.05) is 6.54 Å². The van der Waals surface area contributed by atoms with Gasteiger partial charge in [-0.2, -0.15) is 0 Å². The van der Waals surface area contributed by atoms with E-state index in [1.54, 1.807) is 17.0 Å². The van der Waals surface area contributed by atoms with Crippen LogP contribution < -0.4 is 10.2 Å². The van der Waals surface area contributed by atoms with E-state index in [9.17, 15) is 9.90 Å². The summed E-state index contributed by atoms with van der Waals surface area (Å²) >= 11 is 0. The summed E-state index contributed by atoms with van der Waals surface area (Å²) in [5, 5.41) is 12.8. The van der Waals surface area contributed by atoms with Gasteiger partial charge in [-0.15, -0.1) is 0 Å². The summed E-state index contributed by atoms with van der Waals surface area (Å²) in [5.74, 6) is 0.133. The Balaban J connectivity index is 2.56. The van der Waals surface area contributed by atoms with Crippen LogP contribution in [0.2, 0.25) is 0 Å². The largest absolute Gasteiger partial charge is 0.506 e. The van der Waals surface area contributed by atoms with Gasteiger partial charge in [-0.25, -0.2) is 0 Å². The highest BCUT2D eigenvalue weighted by Crippen LogP contribution is 2.38. The monoisotopic (exact) mass is 206 g/mol. The Bertz CT molecular complexity index is 404. The van der Waals surface area contributed by atoms with Crippen LogP contribution in [-0.2, 0) is 4.79 Å². The molecule has 1 aromatic carbocycles. The number of para-hydroxylation sites is 1. The van der Waals surface area contributed by atoms with E-state index < -0.39 is 0 Å². The van der Waals surface area contributed by atoms with Gasteiger partial charge >= 0.3 is 0 Å². The van der Waals surface area contributed by atoms with E-state index in [2.05, 4.69) is 5.32 Å². The zero-order valence-electron chi connectivity index (χ0n) is 8.82. The number of nitrogens with zero attached hydrogens (tertiary/aromatic N) is 1. The second-order valence-electron chi connectivity index (χ2n) is 3.62. The number of phenolic OH excluding ortho intramolecular Hbond substituents is 1. The molecule has 0 aliphatic carbocycles. The zero-order valence-corrected chi connectivity index (χ0v) is 8.82. The van der Waals surface area contributed by atoms with Crippen molar-refractivity contribution in [1.29, 1.82) is 0 Å². The SMILES string of the molecule is CCN1C(=O)C(C)Nc2cccc(O)c21. The highest BCUT2D eigenvalue weighted by atomic mass is 16.3. The molecule has 1 aliphatic heterocycles. The van der Waals surface area contributed by atoms with Gasteiger partial charge in [-0.3, -0.25) is 4.79 Å².